The fourth-order valence-corrected chi connectivity index (χ4v) is 3.06. The fourth-order valence-electron chi connectivity index (χ4n) is 3.06. The molecule has 0 spiro atoms. The predicted octanol–water partition coefficient (Wildman–Crippen LogP) is 1.88. The Morgan fingerprint density at radius 3 is 2.59 bits per heavy atom. The van der Waals surface area contributed by atoms with Gasteiger partial charge in [0.1, 0.15) is 0 Å². The molecule has 100 valence electrons. The summed E-state index contributed by atoms with van der Waals surface area (Å²) in [7, 11) is 2.28. The van der Waals surface area contributed by atoms with Crippen LogP contribution in [0.2, 0.25) is 0 Å². The Morgan fingerprint density at radius 2 is 2.00 bits per heavy atom. The van der Waals surface area contributed by atoms with E-state index < -0.39 is 0 Å². The molecule has 2 rings (SSSR count). The molecule has 1 N–H and O–H groups in total. The lowest BCUT2D eigenvalue weighted by atomic mass is 9.75. The molecule has 0 aromatic rings. The Balaban J connectivity index is 1.74. The van der Waals surface area contributed by atoms with Gasteiger partial charge in [0.25, 0.3) is 0 Å². The maximum Gasteiger partial charge on any atom is 0.0632 e. The maximum absolute atomic E-state index is 5.51. The Morgan fingerprint density at radius 1 is 1.29 bits per heavy atom. The summed E-state index contributed by atoms with van der Waals surface area (Å²) in [5, 5.41) is 3.54. The number of nitrogens with one attached hydrogen (secondary N) is 1. The van der Waals surface area contributed by atoms with Gasteiger partial charge in [-0.3, -0.25) is 0 Å². The summed E-state index contributed by atoms with van der Waals surface area (Å²) in [6.45, 7) is 8.70. The molecule has 1 aliphatic carbocycles. The van der Waals surface area contributed by atoms with Crippen molar-refractivity contribution in [2.24, 2.45) is 5.41 Å². The first kappa shape index (κ1) is 13.3. The number of nitrogens with zero attached hydrogens (tertiary/aromatic N) is 1. The zero-order chi connectivity index (χ0) is 12.3. The maximum atomic E-state index is 5.51. The van der Waals surface area contributed by atoms with Crippen LogP contribution in [0.3, 0.4) is 0 Å². The number of hydrogen-bond acceptors (Lipinski definition) is 3. The van der Waals surface area contributed by atoms with E-state index in [-0.39, 0.29) is 0 Å². The molecule has 2 aliphatic rings. The van der Waals surface area contributed by atoms with Crippen molar-refractivity contribution in [3.8, 4) is 0 Å². The monoisotopic (exact) mass is 240 g/mol. The van der Waals surface area contributed by atoms with Crippen molar-refractivity contribution in [2.75, 3.05) is 33.4 Å². The SMILES string of the molecule is CN(CC1COCCN1)C1CCC(C)(C)CC1. The first-order chi connectivity index (χ1) is 8.07. The van der Waals surface area contributed by atoms with Gasteiger partial charge in [0, 0.05) is 25.2 Å². The van der Waals surface area contributed by atoms with Crippen LogP contribution in [0, 0.1) is 5.41 Å². The normalized spacial score (nSPS) is 30.7. The molecule has 0 aromatic carbocycles. The van der Waals surface area contributed by atoms with E-state index in [4.69, 9.17) is 4.74 Å². The third-order valence-electron chi connectivity index (χ3n) is 4.44. The summed E-state index contributed by atoms with van der Waals surface area (Å²) >= 11 is 0. The van der Waals surface area contributed by atoms with Crippen LogP contribution < -0.4 is 5.32 Å². The molecule has 0 radical (unpaired) electrons. The summed E-state index contributed by atoms with van der Waals surface area (Å²) in [5.41, 5.74) is 0.573. The van der Waals surface area contributed by atoms with Crippen LogP contribution in [0.1, 0.15) is 39.5 Å². The minimum absolute atomic E-state index is 0.531. The molecular weight excluding hydrogens is 212 g/mol. The van der Waals surface area contributed by atoms with E-state index in [1.165, 1.54) is 25.7 Å². The standard InChI is InChI=1S/C14H28N2O/c1-14(2)6-4-13(5-7-14)16(3)10-12-11-17-9-8-15-12/h12-13,15H,4-11H2,1-3H3. The first-order valence-corrected chi connectivity index (χ1v) is 7.08. The van der Waals surface area contributed by atoms with E-state index >= 15 is 0 Å². The van der Waals surface area contributed by atoms with Gasteiger partial charge >= 0.3 is 0 Å². The quantitative estimate of drug-likeness (QED) is 0.815. The molecule has 3 nitrogen and oxygen atoms in total. The van der Waals surface area contributed by atoms with E-state index in [9.17, 15) is 0 Å². The molecular formula is C14H28N2O. The molecule has 1 saturated heterocycles. The van der Waals surface area contributed by atoms with Crippen molar-refractivity contribution in [1.29, 1.82) is 0 Å². The summed E-state index contributed by atoms with van der Waals surface area (Å²) in [6.07, 6.45) is 5.46. The number of likely N-dealkylation sites (N-methyl/N-ethyl adjacent to an activating group) is 1. The molecule has 1 unspecified atom stereocenters. The summed E-state index contributed by atoms with van der Waals surface area (Å²) in [4.78, 5) is 2.54. The molecule has 0 amide bonds. The third-order valence-corrected chi connectivity index (χ3v) is 4.44. The van der Waals surface area contributed by atoms with Crippen LogP contribution in [-0.2, 0) is 4.74 Å². The number of rotatable bonds is 3. The fraction of sp³-hybridized carbons (Fsp3) is 1.00. The third kappa shape index (κ3) is 3.94. The lowest BCUT2D eigenvalue weighted by Crippen LogP contribution is -2.50. The van der Waals surface area contributed by atoms with Gasteiger partial charge in [-0.2, -0.15) is 0 Å². The zero-order valence-electron chi connectivity index (χ0n) is 11.7. The molecule has 17 heavy (non-hydrogen) atoms. The molecule has 2 fully saturated rings. The van der Waals surface area contributed by atoms with Gasteiger partial charge in [-0.15, -0.1) is 0 Å². The largest absolute Gasteiger partial charge is 0.378 e. The summed E-state index contributed by atoms with van der Waals surface area (Å²) in [6, 6.07) is 1.32. The Labute approximate surface area is 106 Å². The Bertz CT molecular complexity index is 226. The molecule has 1 saturated carbocycles. The van der Waals surface area contributed by atoms with Gasteiger partial charge in [-0.25, -0.2) is 0 Å². The minimum atomic E-state index is 0.531. The Hall–Kier alpha value is -0.120. The summed E-state index contributed by atoms with van der Waals surface area (Å²) < 4.78 is 5.51. The van der Waals surface area contributed by atoms with Gasteiger partial charge in [0.2, 0.25) is 0 Å². The van der Waals surface area contributed by atoms with Crippen LogP contribution in [0.25, 0.3) is 0 Å². The first-order valence-electron chi connectivity index (χ1n) is 7.08. The minimum Gasteiger partial charge on any atom is -0.378 e. The lowest BCUT2D eigenvalue weighted by molar-refractivity contribution is 0.0503. The van der Waals surface area contributed by atoms with E-state index in [1.807, 2.05) is 0 Å². The van der Waals surface area contributed by atoms with Gasteiger partial charge in [-0.05, 0) is 38.1 Å². The molecule has 1 aliphatic heterocycles. The average Bonchev–Trinajstić information content (AvgIpc) is 2.30. The van der Waals surface area contributed by atoms with Crippen molar-refractivity contribution in [3.63, 3.8) is 0 Å². The topological polar surface area (TPSA) is 24.5 Å². The van der Waals surface area contributed by atoms with Crippen molar-refractivity contribution >= 4 is 0 Å². The van der Waals surface area contributed by atoms with Gasteiger partial charge in [0.05, 0.1) is 13.2 Å². The van der Waals surface area contributed by atoms with E-state index in [2.05, 4.69) is 31.1 Å². The molecule has 0 bridgehead atoms. The molecule has 0 aromatic heterocycles. The number of hydrogen-bond donors (Lipinski definition) is 1. The molecule has 3 heteroatoms. The highest BCUT2D eigenvalue weighted by Crippen LogP contribution is 2.36. The van der Waals surface area contributed by atoms with Gasteiger partial charge in [-0.1, -0.05) is 13.8 Å². The van der Waals surface area contributed by atoms with Crippen LogP contribution >= 0.6 is 0 Å². The van der Waals surface area contributed by atoms with Crippen molar-refractivity contribution < 1.29 is 4.74 Å². The van der Waals surface area contributed by atoms with Crippen molar-refractivity contribution in [3.05, 3.63) is 0 Å². The van der Waals surface area contributed by atoms with Crippen LogP contribution in [-0.4, -0.2) is 50.3 Å². The number of morpholine rings is 1. The van der Waals surface area contributed by atoms with Crippen LogP contribution in [0.15, 0.2) is 0 Å². The summed E-state index contributed by atoms with van der Waals surface area (Å²) in [5.74, 6) is 0. The lowest BCUT2D eigenvalue weighted by Gasteiger charge is -2.40. The van der Waals surface area contributed by atoms with E-state index in [0.717, 1.165) is 32.3 Å². The van der Waals surface area contributed by atoms with Crippen molar-refractivity contribution in [2.45, 2.75) is 51.6 Å². The van der Waals surface area contributed by atoms with Crippen molar-refractivity contribution in [1.82, 2.24) is 10.2 Å². The van der Waals surface area contributed by atoms with Gasteiger partial charge < -0.3 is 15.0 Å². The van der Waals surface area contributed by atoms with Crippen LogP contribution in [0.5, 0.6) is 0 Å². The second-order valence-electron chi connectivity index (χ2n) is 6.56. The van der Waals surface area contributed by atoms with E-state index in [0.29, 0.717) is 11.5 Å². The zero-order valence-corrected chi connectivity index (χ0v) is 11.7. The van der Waals surface area contributed by atoms with E-state index in [1.54, 1.807) is 0 Å². The Kier molecular flexibility index (Phi) is 4.45. The highest BCUT2D eigenvalue weighted by Gasteiger charge is 2.29. The average molecular weight is 240 g/mol. The second kappa shape index (κ2) is 5.68. The highest BCUT2D eigenvalue weighted by atomic mass is 16.5. The second-order valence-corrected chi connectivity index (χ2v) is 6.56. The molecule has 1 heterocycles. The van der Waals surface area contributed by atoms with Gasteiger partial charge in [0.15, 0.2) is 0 Å². The van der Waals surface area contributed by atoms with Crippen LogP contribution in [0.4, 0.5) is 0 Å². The number of ether oxygens (including phenoxy) is 1. The predicted molar refractivity (Wildman–Crippen MR) is 71.3 cm³/mol. The highest BCUT2D eigenvalue weighted by molar-refractivity contribution is 4.84. The molecule has 1 atom stereocenters. The smallest absolute Gasteiger partial charge is 0.0632 e.